The van der Waals surface area contributed by atoms with Gasteiger partial charge in [0.2, 0.25) is 0 Å². The maximum atomic E-state index is 10.9. The molecule has 4 heteroatoms. The number of halogens is 1. The van der Waals surface area contributed by atoms with E-state index in [0.717, 1.165) is 6.42 Å². The number of ether oxygens (including phenoxy) is 1. The molecule has 2 aliphatic rings. The third kappa shape index (κ3) is 2.75. The number of rotatable bonds is 3. The van der Waals surface area contributed by atoms with E-state index < -0.39 is 17.7 Å². The highest BCUT2D eigenvalue weighted by atomic mass is 127. The highest BCUT2D eigenvalue weighted by Crippen LogP contribution is 2.46. The van der Waals surface area contributed by atoms with Gasteiger partial charge in [-0.1, -0.05) is 48.1 Å². The number of aliphatic carboxylic acids is 1. The fourth-order valence-electron chi connectivity index (χ4n) is 2.81. The lowest BCUT2D eigenvalue weighted by molar-refractivity contribution is -0.138. The number of carboxylic acid groups (broad SMARTS) is 1. The molecule has 0 bridgehead atoms. The smallest absolute Gasteiger partial charge is 0.336 e. The van der Waals surface area contributed by atoms with Crippen molar-refractivity contribution in [3.8, 4) is 0 Å². The van der Waals surface area contributed by atoms with E-state index in [4.69, 9.17) is 9.84 Å². The van der Waals surface area contributed by atoms with Crippen molar-refractivity contribution in [2.45, 2.75) is 56.2 Å². The molecular formula is C15H21IO3. The number of allylic oxidation sites excluding steroid dienone is 3. The van der Waals surface area contributed by atoms with Gasteiger partial charge in [0.25, 0.3) is 0 Å². The molecule has 19 heavy (non-hydrogen) atoms. The van der Waals surface area contributed by atoms with Gasteiger partial charge in [0.15, 0.2) is 6.10 Å². The SMILES string of the molecule is CC1=C(/C=C/C2(C)OC2C(=O)O)C(C)(C)C(I)CC1. The average Bonchev–Trinajstić information content (AvgIpc) is 2.97. The van der Waals surface area contributed by atoms with Crippen LogP contribution in [-0.2, 0) is 9.53 Å². The lowest BCUT2D eigenvalue weighted by Crippen LogP contribution is -2.30. The van der Waals surface area contributed by atoms with Gasteiger partial charge in [0, 0.05) is 9.34 Å². The van der Waals surface area contributed by atoms with E-state index in [0.29, 0.717) is 3.92 Å². The number of epoxide rings is 1. The highest BCUT2D eigenvalue weighted by Gasteiger charge is 2.55. The molecule has 3 atom stereocenters. The molecule has 0 radical (unpaired) electrons. The van der Waals surface area contributed by atoms with Crippen LogP contribution in [0.3, 0.4) is 0 Å². The molecule has 0 spiro atoms. The minimum Gasteiger partial charge on any atom is -0.479 e. The van der Waals surface area contributed by atoms with Gasteiger partial charge < -0.3 is 9.84 Å². The van der Waals surface area contributed by atoms with Crippen LogP contribution in [0.4, 0.5) is 0 Å². The second-order valence-corrected chi connectivity index (χ2v) is 7.78. The van der Waals surface area contributed by atoms with Crippen molar-refractivity contribution in [3.63, 3.8) is 0 Å². The Hall–Kier alpha value is -0.360. The van der Waals surface area contributed by atoms with Gasteiger partial charge in [0.1, 0.15) is 5.60 Å². The number of carboxylic acids is 1. The van der Waals surface area contributed by atoms with Crippen molar-refractivity contribution >= 4 is 28.6 Å². The first kappa shape index (κ1) is 15.0. The molecule has 0 saturated carbocycles. The van der Waals surface area contributed by atoms with E-state index in [1.165, 1.54) is 17.6 Å². The van der Waals surface area contributed by atoms with Crippen LogP contribution in [0.1, 0.15) is 40.5 Å². The van der Waals surface area contributed by atoms with E-state index >= 15 is 0 Å². The quantitative estimate of drug-likeness (QED) is 0.464. The third-order valence-electron chi connectivity index (χ3n) is 4.35. The zero-order chi connectivity index (χ0) is 14.4. The summed E-state index contributed by atoms with van der Waals surface area (Å²) in [7, 11) is 0. The lowest BCUT2D eigenvalue weighted by Gasteiger charge is -2.38. The van der Waals surface area contributed by atoms with Gasteiger partial charge in [-0.2, -0.15) is 0 Å². The summed E-state index contributed by atoms with van der Waals surface area (Å²) in [4.78, 5) is 10.9. The minimum absolute atomic E-state index is 0.128. The van der Waals surface area contributed by atoms with E-state index in [2.05, 4.69) is 49.4 Å². The summed E-state index contributed by atoms with van der Waals surface area (Å²) in [6, 6.07) is 0. The average molecular weight is 376 g/mol. The van der Waals surface area contributed by atoms with Crippen LogP contribution in [0, 0.1) is 5.41 Å². The Morgan fingerprint density at radius 1 is 1.47 bits per heavy atom. The first-order chi connectivity index (χ1) is 8.68. The van der Waals surface area contributed by atoms with Crippen molar-refractivity contribution in [1.29, 1.82) is 0 Å². The number of hydrogen-bond acceptors (Lipinski definition) is 2. The van der Waals surface area contributed by atoms with Crippen molar-refractivity contribution in [3.05, 3.63) is 23.3 Å². The maximum absolute atomic E-state index is 10.9. The molecule has 1 fully saturated rings. The molecule has 3 unspecified atom stereocenters. The fraction of sp³-hybridized carbons (Fsp3) is 0.667. The molecule has 1 saturated heterocycles. The van der Waals surface area contributed by atoms with Crippen molar-refractivity contribution in [1.82, 2.24) is 0 Å². The molecule has 0 aromatic rings. The normalized spacial score (nSPS) is 37.7. The summed E-state index contributed by atoms with van der Waals surface area (Å²) in [6.45, 7) is 8.53. The van der Waals surface area contributed by atoms with E-state index in [9.17, 15) is 4.79 Å². The summed E-state index contributed by atoms with van der Waals surface area (Å²) in [6.07, 6.45) is 5.65. The molecule has 1 aliphatic carbocycles. The van der Waals surface area contributed by atoms with Gasteiger partial charge in [-0.25, -0.2) is 4.79 Å². The summed E-state index contributed by atoms with van der Waals surface area (Å²) in [5.74, 6) is -0.882. The van der Waals surface area contributed by atoms with Gasteiger partial charge in [-0.15, -0.1) is 0 Å². The molecule has 0 amide bonds. The molecule has 106 valence electrons. The van der Waals surface area contributed by atoms with Gasteiger partial charge >= 0.3 is 5.97 Å². The topological polar surface area (TPSA) is 49.8 Å². The Morgan fingerprint density at radius 3 is 2.63 bits per heavy atom. The van der Waals surface area contributed by atoms with Crippen LogP contribution in [-0.4, -0.2) is 26.7 Å². The molecule has 0 aromatic heterocycles. The van der Waals surface area contributed by atoms with Crippen molar-refractivity contribution < 1.29 is 14.6 Å². The lowest BCUT2D eigenvalue weighted by atomic mass is 9.72. The Labute approximate surface area is 128 Å². The molecule has 2 rings (SSSR count). The molecular weight excluding hydrogens is 355 g/mol. The van der Waals surface area contributed by atoms with Crippen LogP contribution in [0.5, 0.6) is 0 Å². The Bertz CT molecular complexity index is 464. The van der Waals surface area contributed by atoms with Crippen LogP contribution in [0.25, 0.3) is 0 Å². The first-order valence-electron chi connectivity index (χ1n) is 6.62. The van der Waals surface area contributed by atoms with Crippen LogP contribution < -0.4 is 0 Å². The first-order valence-corrected chi connectivity index (χ1v) is 7.87. The molecule has 1 heterocycles. The van der Waals surface area contributed by atoms with Crippen LogP contribution in [0.2, 0.25) is 0 Å². The summed E-state index contributed by atoms with van der Waals surface area (Å²) < 4.78 is 5.88. The largest absolute Gasteiger partial charge is 0.479 e. The maximum Gasteiger partial charge on any atom is 0.336 e. The van der Waals surface area contributed by atoms with Crippen LogP contribution in [0.15, 0.2) is 23.3 Å². The third-order valence-corrected chi connectivity index (χ3v) is 6.53. The highest BCUT2D eigenvalue weighted by molar-refractivity contribution is 14.1. The predicted molar refractivity (Wildman–Crippen MR) is 83.6 cm³/mol. The summed E-state index contributed by atoms with van der Waals surface area (Å²) in [5, 5.41) is 8.95. The zero-order valence-corrected chi connectivity index (χ0v) is 14.0. The second-order valence-electron chi connectivity index (χ2n) is 6.28. The second kappa shape index (κ2) is 4.88. The van der Waals surface area contributed by atoms with Gasteiger partial charge in [-0.3, -0.25) is 0 Å². The van der Waals surface area contributed by atoms with Gasteiger partial charge in [-0.05, 0) is 38.3 Å². The minimum atomic E-state index is -0.882. The predicted octanol–water partition coefficient (Wildman–Crippen LogP) is 3.72. The Morgan fingerprint density at radius 2 is 2.11 bits per heavy atom. The van der Waals surface area contributed by atoms with Crippen molar-refractivity contribution in [2.24, 2.45) is 5.41 Å². The Balaban J connectivity index is 2.21. The van der Waals surface area contributed by atoms with E-state index in [1.807, 2.05) is 13.0 Å². The van der Waals surface area contributed by atoms with Crippen LogP contribution >= 0.6 is 22.6 Å². The molecule has 3 nitrogen and oxygen atoms in total. The van der Waals surface area contributed by atoms with Gasteiger partial charge in [0.05, 0.1) is 0 Å². The summed E-state index contributed by atoms with van der Waals surface area (Å²) >= 11 is 2.52. The molecule has 1 aliphatic heterocycles. The van der Waals surface area contributed by atoms with Crippen molar-refractivity contribution in [2.75, 3.05) is 0 Å². The number of alkyl halides is 1. The standard InChI is InChI=1S/C15H21IO3/c1-9-5-6-11(16)14(2,3)10(9)7-8-15(4)12(19-15)13(17)18/h7-8,11-12H,5-6H2,1-4H3,(H,17,18)/b8-7+. The fourth-order valence-corrected chi connectivity index (χ4v) is 3.45. The van der Waals surface area contributed by atoms with E-state index in [-0.39, 0.29) is 5.41 Å². The zero-order valence-electron chi connectivity index (χ0n) is 11.9. The Kier molecular flexibility index (Phi) is 3.86. The van der Waals surface area contributed by atoms with E-state index in [1.54, 1.807) is 0 Å². The molecule has 1 N–H and O–H groups in total. The number of carbonyl (C=O) groups is 1. The molecule has 0 aromatic carbocycles. The monoisotopic (exact) mass is 376 g/mol. The number of hydrogen-bond donors (Lipinski definition) is 1. The summed E-state index contributed by atoms with van der Waals surface area (Å²) in [5.41, 5.74) is 2.24.